The summed E-state index contributed by atoms with van der Waals surface area (Å²) in [6, 6.07) is 14.6. The van der Waals surface area contributed by atoms with Crippen LogP contribution in [0.3, 0.4) is 0 Å². The number of aliphatic carboxylic acids is 1. The lowest BCUT2D eigenvalue weighted by Crippen LogP contribution is -2.36. The van der Waals surface area contributed by atoms with Gasteiger partial charge in [0.1, 0.15) is 0 Å². The lowest BCUT2D eigenvalue weighted by atomic mass is 9.78. The average molecular weight is 455 g/mol. The first-order valence-corrected chi connectivity index (χ1v) is 12.0. The smallest absolute Gasteiger partial charge is 0.307 e. The van der Waals surface area contributed by atoms with Gasteiger partial charge in [0.2, 0.25) is 5.91 Å². The van der Waals surface area contributed by atoms with Gasteiger partial charge in [-0.1, -0.05) is 54.9 Å². The van der Waals surface area contributed by atoms with Gasteiger partial charge in [-0.15, -0.1) is 11.3 Å². The van der Waals surface area contributed by atoms with Gasteiger partial charge in [-0.05, 0) is 31.0 Å². The van der Waals surface area contributed by atoms with Gasteiger partial charge in [0.15, 0.2) is 10.1 Å². The Morgan fingerprint density at radius 3 is 2.55 bits per heavy atom. The summed E-state index contributed by atoms with van der Waals surface area (Å²) in [5.41, 5.74) is 2.12. The van der Waals surface area contributed by atoms with Crippen molar-refractivity contribution in [2.24, 2.45) is 11.8 Å². The van der Waals surface area contributed by atoms with E-state index in [1.807, 2.05) is 30.3 Å². The van der Waals surface area contributed by atoms with Crippen LogP contribution < -0.4 is 5.32 Å². The maximum absolute atomic E-state index is 12.7. The number of fused-ring (bicyclic) bond motifs is 1. The quantitative estimate of drug-likeness (QED) is 0.381. The Kier molecular flexibility index (Phi) is 6.67. The van der Waals surface area contributed by atoms with Crippen LogP contribution in [0.2, 0.25) is 0 Å². The van der Waals surface area contributed by atoms with Crippen molar-refractivity contribution in [1.29, 1.82) is 0 Å². The lowest BCUT2D eigenvalue weighted by Gasteiger charge is -2.27. The van der Waals surface area contributed by atoms with Gasteiger partial charge in [0, 0.05) is 11.3 Å². The maximum Gasteiger partial charge on any atom is 0.307 e. The molecule has 1 aromatic heterocycles. The average Bonchev–Trinajstić information content (AvgIpc) is 3.20. The van der Waals surface area contributed by atoms with Gasteiger partial charge in [-0.25, -0.2) is 4.98 Å². The molecule has 0 saturated heterocycles. The number of ketones is 1. The molecule has 1 aliphatic rings. The molecule has 6 nitrogen and oxygen atoms in total. The fourth-order valence-electron chi connectivity index (χ4n) is 3.85. The Morgan fingerprint density at radius 1 is 1.06 bits per heavy atom. The zero-order valence-electron chi connectivity index (χ0n) is 16.7. The van der Waals surface area contributed by atoms with Crippen LogP contribution in [0.5, 0.6) is 0 Å². The molecule has 160 valence electrons. The first-order valence-electron chi connectivity index (χ1n) is 10.2. The van der Waals surface area contributed by atoms with Crippen molar-refractivity contribution in [3.63, 3.8) is 0 Å². The molecule has 1 heterocycles. The van der Waals surface area contributed by atoms with E-state index in [1.165, 1.54) is 23.1 Å². The number of nitrogens with zero attached hydrogens (tertiary/aromatic N) is 1. The Bertz CT molecular complexity index is 1110. The van der Waals surface area contributed by atoms with Gasteiger partial charge in [0.25, 0.3) is 0 Å². The molecular weight excluding hydrogens is 432 g/mol. The van der Waals surface area contributed by atoms with E-state index >= 15 is 0 Å². The zero-order chi connectivity index (χ0) is 21.8. The molecule has 1 saturated carbocycles. The number of carbonyl (C=O) groups is 3. The van der Waals surface area contributed by atoms with Crippen molar-refractivity contribution in [1.82, 2.24) is 4.98 Å². The molecule has 4 rings (SSSR count). The maximum atomic E-state index is 12.7. The molecule has 2 aromatic carbocycles. The fourth-order valence-corrected chi connectivity index (χ4v) is 5.86. The summed E-state index contributed by atoms with van der Waals surface area (Å²) in [6.07, 6.45) is 2.87. The molecule has 0 aliphatic heterocycles. The van der Waals surface area contributed by atoms with E-state index in [0.29, 0.717) is 29.8 Å². The van der Waals surface area contributed by atoms with Gasteiger partial charge in [-0.3, -0.25) is 14.4 Å². The molecule has 8 heteroatoms. The number of amides is 1. The molecule has 2 atom stereocenters. The van der Waals surface area contributed by atoms with E-state index in [0.717, 1.165) is 27.4 Å². The van der Waals surface area contributed by atoms with Crippen molar-refractivity contribution in [3.05, 3.63) is 54.1 Å². The van der Waals surface area contributed by atoms with Gasteiger partial charge >= 0.3 is 5.97 Å². The highest BCUT2D eigenvalue weighted by Crippen LogP contribution is 2.34. The predicted molar refractivity (Wildman–Crippen MR) is 123 cm³/mol. The van der Waals surface area contributed by atoms with E-state index < -0.39 is 17.8 Å². The van der Waals surface area contributed by atoms with Crippen LogP contribution >= 0.6 is 23.1 Å². The molecule has 2 N–H and O–H groups in total. The second kappa shape index (κ2) is 9.62. The highest BCUT2D eigenvalue weighted by molar-refractivity contribution is 8.01. The number of anilines is 1. The summed E-state index contributed by atoms with van der Waals surface area (Å²) >= 11 is 2.87. The Morgan fingerprint density at radius 2 is 1.81 bits per heavy atom. The zero-order valence-corrected chi connectivity index (χ0v) is 18.4. The van der Waals surface area contributed by atoms with Crippen LogP contribution in [0.15, 0.2) is 52.9 Å². The number of carbonyl (C=O) groups excluding carboxylic acids is 2. The van der Waals surface area contributed by atoms with Crippen LogP contribution in [0, 0.1) is 11.8 Å². The number of benzene rings is 2. The number of hydrogen-bond donors (Lipinski definition) is 2. The third-order valence-corrected chi connectivity index (χ3v) is 7.64. The molecule has 0 unspecified atom stereocenters. The SMILES string of the molecule is O=C(CSc1nc2ccc(NC(=O)[C@H]3CCCC[C@@H]3C(=O)O)cc2s1)c1ccccc1. The van der Waals surface area contributed by atoms with Crippen molar-refractivity contribution in [2.75, 3.05) is 11.1 Å². The highest BCUT2D eigenvalue weighted by atomic mass is 32.2. The topological polar surface area (TPSA) is 96.4 Å². The van der Waals surface area contributed by atoms with E-state index in [9.17, 15) is 19.5 Å². The van der Waals surface area contributed by atoms with E-state index in [4.69, 9.17) is 0 Å². The summed E-state index contributed by atoms with van der Waals surface area (Å²) < 4.78 is 1.70. The summed E-state index contributed by atoms with van der Waals surface area (Å²) in [4.78, 5) is 41.1. The van der Waals surface area contributed by atoms with Crippen LogP contribution in [0.1, 0.15) is 36.0 Å². The Labute approximate surface area is 188 Å². The van der Waals surface area contributed by atoms with E-state index in [2.05, 4.69) is 10.3 Å². The van der Waals surface area contributed by atoms with Crippen LogP contribution in [0.4, 0.5) is 5.69 Å². The van der Waals surface area contributed by atoms with Crippen LogP contribution in [0.25, 0.3) is 10.2 Å². The predicted octanol–water partition coefficient (Wildman–Crippen LogP) is 5.10. The Balaban J connectivity index is 1.42. The molecule has 0 bridgehead atoms. The molecule has 1 amide bonds. The first-order chi connectivity index (χ1) is 15.0. The number of nitrogens with one attached hydrogen (secondary N) is 1. The second-order valence-electron chi connectivity index (χ2n) is 7.57. The molecule has 0 radical (unpaired) electrons. The highest BCUT2D eigenvalue weighted by Gasteiger charge is 2.35. The fraction of sp³-hybridized carbons (Fsp3) is 0.304. The minimum Gasteiger partial charge on any atom is -0.481 e. The van der Waals surface area contributed by atoms with Crippen molar-refractivity contribution in [2.45, 2.75) is 30.0 Å². The molecule has 1 fully saturated rings. The Hall–Kier alpha value is -2.71. The molecule has 31 heavy (non-hydrogen) atoms. The van der Waals surface area contributed by atoms with Gasteiger partial charge in [0.05, 0.1) is 27.8 Å². The number of hydrogen-bond acceptors (Lipinski definition) is 6. The summed E-state index contributed by atoms with van der Waals surface area (Å²) in [5, 5.41) is 12.3. The first kappa shape index (κ1) is 21.5. The molecular formula is C23H22N2O4S2. The van der Waals surface area contributed by atoms with E-state index in [-0.39, 0.29) is 11.7 Å². The van der Waals surface area contributed by atoms with E-state index in [1.54, 1.807) is 18.2 Å². The van der Waals surface area contributed by atoms with Gasteiger partial charge < -0.3 is 10.4 Å². The van der Waals surface area contributed by atoms with Crippen molar-refractivity contribution in [3.8, 4) is 0 Å². The lowest BCUT2D eigenvalue weighted by molar-refractivity contribution is -0.147. The molecule has 3 aromatic rings. The van der Waals surface area contributed by atoms with Crippen LogP contribution in [-0.2, 0) is 9.59 Å². The number of rotatable bonds is 7. The minimum atomic E-state index is -0.899. The number of thiazole rings is 1. The third kappa shape index (κ3) is 5.14. The normalized spacial score (nSPS) is 18.6. The van der Waals surface area contributed by atoms with Crippen LogP contribution in [-0.4, -0.2) is 33.5 Å². The van der Waals surface area contributed by atoms with Gasteiger partial charge in [-0.2, -0.15) is 0 Å². The third-order valence-electron chi connectivity index (χ3n) is 5.48. The molecule has 0 spiro atoms. The molecule has 1 aliphatic carbocycles. The number of thioether (sulfide) groups is 1. The summed E-state index contributed by atoms with van der Waals surface area (Å²) in [7, 11) is 0. The second-order valence-corrected chi connectivity index (χ2v) is 9.82. The number of carboxylic acids is 1. The van der Waals surface area contributed by atoms with Crippen molar-refractivity contribution >= 4 is 56.7 Å². The standard InChI is InChI=1S/C23H22N2O4S2/c26-19(14-6-2-1-3-7-14)13-30-23-25-18-11-10-15(12-20(18)31-23)24-21(27)16-8-4-5-9-17(16)22(28)29/h1-3,6-7,10-12,16-17H,4-5,8-9,13H2,(H,24,27)(H,28,29)/t16-,17-/m0/s1. The summed E-state index contributed by atoms with van der Waals surface area (Å²) in [6.45, 7) is 0. The summed E-state index contributed by atoms with van der Waals surface area (Å²) in [5.74, 6) is -1.89. The minimum absolute atomic E-state index is 0.0540. The monoisotopic (exact) mass is 454 g/mol. The number of carboxylic acid groups (broad SMARTS) is 1. The number of Topliss-reactive ketones (excluding diaryl/α,β-unsaturated/α-hetero) is 1. The number of aromatic nitrogens is 1. The largest absolute Gasteiger partial charge is 0.481 e. The van der Waals surface area contributed by atoms with Crippen molar-refractivity contribution < 1.29 is 19.5 Å².